The van der Waals surface area contributed by atoms with Crippen LogP contribution in [0.2, 0.25) is 5.02 Å². The molecule has 1 saturated heterocycles. The number of aliphatic imine (C=N–C) groups is 1. The number of ether oxygens (including phenoxy) is 1. The largest absolute Gasteiger partial charge is 0.378 e. The van der Waals surface area contributed by atoms with E-state index >= 15 is 0 Å². The number of amides is 1. The van der Waals surface area contributed by atoms with Gasteiger partial charge in [0.25, 0.3) is 0 Å². The zero-order valence-electron chi connectivity index (χ0n) is 15.1. The molecule has 144 valence electrons. The summed E-state index contributed by atoms with van der Waals surface area (Å²) < 4.78 is 20.6. The number of aromatic nitrogens is 1. The van der Waals surface area contributed by atoms with Gasteiger partial charge in [0.2, 0.25) is 5.91 Å². The minimum atomic E-state index is -0.473. The lowest BCUT2D eigenvalue weighted by Gasteiger charge is -2.27. The van der Waals surface area contributed by atoms with E-state index < -0.39 is 5.82 Å². The van der Waals surface area contributed by atoms with Crippen molar-refractivity contribution >= 4 is 40.3 Å². The van der Waals surface area contributed by atoms with Crippen molar-refractivity contribution in [3.05, 3.63) is 65.1 Å². The van der Waals surface area contributed by atoms with Gasteiger partial charge in [-0.15, -0.1) is 0 Å². The van der Waals surface area contributed by atoms with E-state index in [-0.39, 0.29) is 17.5 Å². The van der Waals surface area contributed by atoms with Crippen molar-refractivity contribution < 1.29 is 13.9 Å². The van der Waals surface area contributed by atoms with E-state index in [9.17, 15) is 9.18 Å². The van der Waals surface area contributed by atoms with Crippen LogP contribution in [0.1, 0.15) is 5.56 Å². The number of fused-ring (bicyclic) bond motifs is 1. The molecule has 7 heteroatoms. The number of hydrogen-bond acceptors (Lipinski definition) is 3. The Morgan fingerprint density at radius 2 is 2.00 bits per heavy atom. The molecular formula is C21H19ClFN3O2. The molecule has 0 aliphatic carbocycles. The first kappa shape index (κ1) is 18.7. The second-order valence-electron chi connectivity index (χ2n) is 6.58. The lowest BCUT2D eigenvalue weighted by Crippen LogP contribution is -2.42. The second-order valence-corrected chi connectivity index (χ2v) is 6.99. The van der Waals surface area contributed by atoms with Crippen molar-refractivity contribution in [1.82, 2.24) is 9.47 Å². The maximum Gasteiger partial charge on any atom is 0.242 e. The highest BCUT2D eigenvalue weighted by Gasteiger charge is 2.18. The third-order valence-electron chi connectivity index (χ3n) is 4.74. The van der Waals surface area contributed by atoms with Gasteiger partial charge >= 0.3 is 0 Å². The number of nitrogens with zero attached hydrogens (tertiary/aromatic N) is 3. The number of rotatable bonds is 4. The minimum Gasteiger partial charge on any atom is -0.378 e. The molecule has 0 N–H and O–H groups in total. The number of halogens is 2. The van der Waals surface area contributed by atoms with Gasteiger partial charge in [-0.3, -0.25) is 9.79 Å². The Labute approximate surface area is 167 Å². The van der Waals surface area contributed by atoms with Crippen LogP contribution in [0.5, 0.6) is 0 Å². The van der Waals surface area contributed by atoms with Crippen molar-refractivity contribution in [1.29, 1.82) is 0 Å². The smallest absolute Gasteiger partial charge is 0.242 e. The van der Waals surface area contributed by atoms with Gasteiger partial charge in [0.05, 0.1) is 23.9 Å². The van der Waals surface area contributed by atoms with E-state index in [1.165, 1.54) is 12.1 Å². The molecule has 0 bridgehead atoms. The standard InChI is InChI=1S/C21H19ClFN3O2/c22-18-11-16(5-6-19(18)23)24-12-15-13-26(20-4-2-1-3-17(15)20)14-21(27)25-7-9-28-10-8-25/h1-6,11-13H,7-10,14H2. The molecule has 1 aliphatic rings. The zero-order chi connectivity index (χ0) is 19.5. The fourth-order valence-electron chi connectivity index (χ4n) is 3.28. The summed E-state index contributed by atoms with van der Waals surface area (Å²) in [6, 6.07) is 12.2. The molecule has 3 aromatic rings. The summed E-state index contributed by atoms with van der Waals surface area (Å²) in [4.78, 5) is 18.9. The molecule has 1 aromatic heterocycles. The molecule has 0 unspecified atom stereocenters. The lowest BCUT2D eigenvalue weighted by molar-refractivity contribution is -0.135. The van der Waals surface area contributed by atoms with E-state index in [0.29, 0.717) is 32.0 Å². The van der Waals surface area contributed by atoms with Gasteiger partial charge in [-0.25, -0.2) is 4.39 Å². The highest BCUT2D eigenvalue weighted by molar-refractivity contribution is 6.31. The molecule has 0 atom stereocenters. The average Bonchev–Trinajstić information content (AvgIpc) is 3.07. The monoisotopic (exact) mass is 399 g/mol. The van der Waals surface area contributed by atoms with E-state index in [4.69, 9.17) is 16.3 Å². The first-order valence-electron chi connectivity index (χ1n) is 9.04. The van der Waals surface area contributed by atoms with E-state index in [1.54, 1.807) is 12.3 Å². The van der Waals surface area contributed by atoms with Crippen LogP contribution in [0, 0.1) is 5.82 Å². The first-order valence-corrected chi connectivity index (χ1v) is 9.42. The number of morpholine rings is 1. The van der Waals surface area contributed by atoms with Crippen molar-refractivity contribution in [3.63, 3.8) is 0 Å². The summed E-state index contributed by atoms with van der Waals surface area (Å²) in [6.07, 6.45) is 3.62. The molecule has 0 saturated carbocycles. The topological polar surface area (TPSA) is 46.8 Å². The van der Waals surface area contributed by atoms with Gasteiger partial charge in [-0.2, -0.15) is 0 Å². The van der Waals surface area contributed by atoms with Crippen LogP contribution in [0.25, 0.3) is 10.9 Å². The van der Waals surface area contributed by atoms with Crippen LogP contribution >= 0.6 is 11.6 Å². The highest BCUT2D eigenvalue weighted by Crippen LogP contribution is 2.24. The molecule has 1 fully saturated rings. The zero-order valence-corrected chi connectivity index (χ0v) is 15.9. The van der Waals surface area contributed by atoms with Crippen molar-refractivity contribution in [2.45, 2.75) is 6.54 Å². The molecule has 5 nitrogen and oxygen atoms in total. The van der Waals surface area contributed by atoms with E-state index in [0.717, 1.165) is 16.5 Å². The van der Waals surface area contributed by atoms with Crippen LogP contribution in [0.15, 0.2) is 53.7 Å². The lowest BCUT2D eigenvalue weighted by atomic mass is 10.2. The van der Waals surface area contributed by atoms with Crippen molar-refractivity contribution in [3.8, 4) is 0 Å². The summed E-state index contributed by atoms with van der Waals surface area (Å²) in [5, 5.41) is 1.03. The molecule has 1 amide bonds. The molecule has 0 radical (unpaired) electrons. The Morgan fingerprint density at radius 3 is 2.79 bits per heavy atom. The van der Waals surface area contributed by atoms with Gasteiger partial charge in [-0.1, -0.05) is 29.8 Å². The Morgan fingerprint density at radius 1 is 1.21 bits per heavy atom. The van der Waals surface area contributed by atoms with Gasteiger partial charge in [-0.05, 0) is 24.3 Å². The summed E-state index contributed by atoms with van der Waals surface area (Å²) in [5.74, 6) is -0.406. The van der Waals surface area contributed by atoms with Gasteiger partial charge < -0.3 is 14.2 Å². The van der Waals surface area contributed by atoms with Crippen LogP contribution in [-0.2, 0) is 16.1 Å². The van der Waals surface area contributed by atoms with Crippen molar-refractivity contribution in [2.24, 2.45) is 4.99 Å². The summed E-state index contributed by atoms with van der Waals surface area (Å²) in [6.45, 7) is 2.67. The number of carbonyl (C=O) groups excluding carboxylic acids is 1. The number of hydrogen-bond donors (Lipinski definition) is 0. The molecule has 28 heavy (non-hydrogen) atoms. The molecule has 2 heterocycles. The van der Waals surface area contributed by atoms with Crippen LogP contribution in [-0.4, -0.2) is 47.9 Å². The van der Waals surface area contributed by atoms with Gasteiger partial charge in [0.1, 0.15) is 12.4 Å². The maximum atomic E-state index is 13.3. The Bertz CT molecular complexity index is 1040. The summed E-state index contributed by atoms with van der Waals surface area (Å²) in [7, 11) is 0. The van der Waals surface area contributed by atoms with Gasteiger partial charge in [0.15, 0.2) is 0 Å². The quantitative estimate of drug-likeness (QED) is 0.621. The number of benzene rings is 2. The van der Waals surface area contributed by atoms with Crippen LogP contribution < -0.4 is 0 Å². The Balaban J connectivity index is 1.61. The fourth-order valence-corrected chi connectivity index (χ4v) is 3.45. The Kier molecular flexibility index (Phi) is 5.41. The molecule has 4 rings (SSSR count). The average molecular weight is 400 g/mol. The predicted molar refractivity (Wildman–Crippen MR) is 108 cm³/mol. The Hall–Kier alpha value is -2.70. The molecule has 0 spiro atoms. The van der Waals surface area contributed by atoms with Gasteiger partial charge in [0, 0.05) is 42.0 Å². The van der Waals surface area contributed by atoms with E-state index in [1.807, 2.05) is 39.9 Å². The molecule has 1 aliphatic heterocycles. The number of para-hydroxylation sites is 1. The fraction of sp³-hybridized carbons (Fsp3) is 0.238. The number of carbonyl (C=O) groups is 1. The second kappa shape index (κ2) is 8.12. The van der Waals surface area contributed by atoms with Crippen LogP contribution in [0.3, 0.4) is 0 Å². The predicted octanol–water partition coefficient (Wildman–Crippen LogP) is 4.04. The third kappa shape index (κ3) is 3.93. The molecular weight excluding hydrogens is 381 g/mol. The summed E-state index contributed by atoms with van der Waals surface area (Å²) in [5.41, 5.74) is 2.40. The third-order valence-corrected chi connectivity index (χ3v) is 5.03. The van der Waals surface area contributed by atoms with E-state index in [2.05, 4.69) is 4.99 Å². The molecule has 2 aromatic carbocycles. The summed E-state index contributed by atoms with van der Waals surface area (Å²) >= 11 is 5.82. The van der Waals surface area contributed by atoms with Crippen molar-refractivity contribution in [2.75, 3.05) is 26.3 Å². The normalized spacial score (nSPS) is 14.9. The first-order chi connectivity index (χ1) is 13.6. The highest BCUT2D eigenvalue weighted by atomic mass is 35.5. The van der Waals surface area contributed by atoms with Crippen LogP contribution in [0.4, 0.5) is 10.1 Å². The SMILES string of the molecule is O=C(Cn1cc(C=Nc2ccc(F)c(Cl)c2)c2ccccc21)N1CCOCC1. The maximum absolute atomic E-state index is 13.3. The minimum absolute atomic E-state index is 0.0354.